The summed E-state index contributed by atoms with van der Waals surface area (Å²) in [5.74, 6) is -4.18. The molecule has 3 rings (SSSR count). The summed E-state index contributed by atoms with van der Waals surface area (Å²) in [6.45, 7) is -0.116. The highest BCUT2D eigenvalue weighted by molar-refractivity contribution is 7.09. The van der Waals surface area contributed by atoms with Crippen LogP contribution in [0, 0.1) is 23.0 Å². The molecule has 0 fully saturated rings. The number of carbonyl (C=O) groups excluding carboxylic acids is 1. The van der Waals surface area contributed by atoms with Gasteiger partial charge in [-0.2, -0.15) is 5.26 Å². The Balaban J connectivity index is 1.75. The molecule has 9 heteroatoms. The molecule has 2 aromatic heterocycles. The van der Waals surface area contributed by atoms with Crippen LogP contribution in [0.3, 0.4) is 0 Å². The summed E-state index contributed by atoms with van der Waals surface area (Å²) in [5, 5.41) is 11.1. The first-order valence-corrected chi connectivity index (χ1v) is 8.09. The van der Waals surface area contributed by atoms with Gasteiger partial charge in [0, 0.05) is 10.9 Å². The summed E-state index contributed by atoms with van der Waals surface area (Å²) in [6.07, 6.45) is 0.669. The van der Waals surface area contributed by atoms with Crippen LogP contribution in [0.25, 0.3) is 11.3 Å². The van der Waals surface area contributed by atoms with Gasteiger partial charge in [0.15, 0.2) is 5.82 Å². The van der Waals surface area contributed by atoms with Crippen LogP contribution in [-0.2, 0) is 6.61 Å². The maximum Gasteiger partial charge on any atom is 0.254 e. The van der Waals surface area contributed by atoms with E-state index in [1.807, 2.05) is 6.07 Å². The monoisotopic (exact) mass is 372 g/mol. The third kappa shape index (κ3) is 3.50. The van der Waals surface area contributed by atoms with E-state index < -0.39 is 29.0 Å². The highest BCUT2D eigenvalue weighted by Gasteiger charge is 2.21. The van der Waals surface area contributed by atoms with Crippen molar-refractivity contribution in [3.05, 3.63) is 63.6 Å². The van der Waals surface area contributed by atoms with Crippen molar-refractivity contribution in [2.75, 3.05) is 0 Å². The molecule has 0 aliphatic carbocycles. The fourth-order valence-electron chi connectivity index (χ4n) is 2.13. The number of nitrogens with zero attached hydrogens (tertiary/aromatic N) is 3. The summed E-state index contributed by atoms with van der Waals surface area (Å²) in [5.41, 5.74) is 6.07. The zero-order valence-electron chi connectivity index (χ0n) is 13.1. The van der Waals surface area contributed by atoms with Crippen molar-refractivity contribution in [3.8, 4) is 23.2 Å². The van der Waals surface area contributed by atoms with Gasteiger partial charge in [-0.1, -0.05) is 12.1 Å². The van der Waals surface area contributed by atoms with Gasteiger partial charge >= 0.3 is 0 Å². The quantitative estimate of drug-likeness (QED) is 0.742. The number of nitriles is 1. The van der Waals surface area contributed by atoms with Gasteiger partial charge in [0.1, 0.15) is 17.2 Å². The number of thiazole rings is 1. The molecular weight excluding hydrogens is 362 g/mol. The van der Waals surface area contributed by atoms with E-state index in [-0.39, 0.29) is 6.61 Å². The number of ether oxygens (including phenoxy) is 1. The second kappa shape index (κ2) is 7.25. The van der Waals surface area contributed by atoms with Crippen molar-refractivity contribution in [1.82, 2.24) is 9.97 Å². The van der Waals surface area contributed by atoms with Crippen molar-refractivity contribution < 1.29 is 18.3 Å². The van der Waals surface area contributed by atoms with E-state index in [0.29, 0.717) is 22.5 Å². The second-order valence-electron chi connectivity index (χ2n) is 5.07. The van der Waals surface area contributed by atoms with Crippen LogP contribution in [-0.4, -0.2) is 15.9 Å². The first-order valence-electron chi connectivity index (χ1n) is 7.21. The Labute approximate surface area is 150 Å². The smallest absolute Gasteiger partial charge is 0.254 e. The minimum absolute atomic E-state index is 0.116. The average molecular weight is 372 g/mol. The Morgan fingerprint density at radius 3 is 2.69 bits per heavy atom. The number of carbonyl (C=O) groups is 1. The standard InChI is InChI=1S/C17H10F2N4O2S/c18-11-6-22-17(15(19)14(11)16(21)24)25-7-13-23-12(8-26-13)10-3-1-9(5-20)2-4-10/h1-4,6,8H,7H2,(H2,21,24). The van der Waals surface area contributed by atoms with Crippen LogP contribution in [0.1, 0.15) is 20.9 Å². The lowest BCUT2D eigenvalue weighted by molar-refractivity contribution is 0.0990. The highest BCUT2D eigenvalue weighted by atomic mass is 32.1. The maximum absolute atomic E-state index is 14.1. The Morgan fingerprint density at radius 1 is 1.31 bits per heavy atom. The normalized spacial score (nSPS) is 10.3. The average Bonchev–Trinajstić information content (AvgIpc) is 3.10. The van der Waals surface area contributed by atoms with E-state index in [9.17, 15) is 13.6 Å². The predicted octanol–water partition coefficient (Wildman–Crippen LogP) is 3.03. The zero-order chi connectivity index (χ0) is 18.7. The molecule has 1 amide bonds. The Hall–Kier alpha value is -3.38. The third-order valence-electron chi connectivity index (χ3n) is 3.38. The van der Waals surface area contributed by atoms with E-state index in [1.54, 1.807) is 29.6 Å². The largest absolute Gasteiger partial charge is 0.468 e. The molecule has 0 aliphatic rings. The molecule has 1 aromatic carbocycles. The Kier molecular flexibility index (Phi) is 4.86. The number of aromatic nitrogens is 2. The van der Waals surface area contributed by atoms with Gasteiger partial charge in [-0.25, -0.2) is 18.7 Å². The summed E-state index contributed by atoms with van der Waals surface area (Å²) < 4.78 is 32.7. The lowest BCUT2D eigenvalue weighted by atomic mass is 10.1. The number of nitrogens with two attached hydrogens (primary N) is 1. The number of amides is 1. The molecule has 2 heterocycles. The third-order valence-corrected chi connectivity index (χ3v) is 4.20. The van der Waals surface area contributed by atoms with Gasteiger partial charge in [0.2, 0.25) is 5.82 Å². The molecule has 3 aromatic rings. The van der Waals surface area contributed by atoms with Crippen LogP contribution in [0.4, 0.5) is 8.78 Å². The number of pyridine rings is 1. The Morgan fingerprint density at radius 2 is 2.04 bits per heavy atom. The molecule has 6 nitrogen and oxygen atoms in total. The lowest BCUT2D eigenvalue weighted by Crippen LogP contribution is -2.17. The topological polar surface area (TPSA) is 102 Å². The summed E-state index contributed by atoms with van der Waals surface area (Å²) >= 11 is 1.28. The lowest BCUT2D eigenvalue weighted by Gasteiger charge is -2.07. The van der Waals surface area contributed by atoms with Crippen LogP contribution < -0.4 is 10.5 Å². The predicted molar refractivity (Wildman–Crippen MR) is 89.3 cm³/mol. The SMILES string of the molecule is N#Cc1ccc(-c2csc(COc3ncc(F)c(C(N)=O)c3F)n2)cc1. The fourth-order valence-corrected chi connectivity index (χ4v) is 2.84. The summed E-state index contributed by atoms with van der Waals surface area (Å²) in [4.78, 5) is 18.9. The number of hydrogen-bond acceptors (Lipinski definition) is 6. The van der Waals surface area contributed by atoms with Gasteiger partial charge in [-0.05, 0) is 12.1 Å². The van der Waals surface area contributed by atoms with Gasteiger partial charge in [0.25, 0.3) is 11.8 Å². The molecule has 0 aliphatic heterocycles. The minimum atomic E-state index is -1.25. The summed E-state index contributed by atoms with van der Waals surface area (Å²) in [7, 11) is 0. The number of rotatable bonds is 5. The van der Waals surface area contributed by atoms with Gasteiger partial charge < -0.3 is 10.5 Å². The number of benzene rings is 1. The number of primary amides is 1. The van der Waals surface area contributed by atoms with Gasteiger partial charge in [0.05, 0.1) is 23.5 Å². The molecule has 0 saturated carbocycles. The maximum atomic E-state index is 14.1. The van der Waals surface area contributed by atoms with Crippen LogP contribution in [0.5, 0.6) is 5.88 Å². The summed E-state index contributed by atoms with van der Waals surface area (Å²) in [6, 6.07) is 8.91. The molecule has 0 atom stereocenters. The van der Waals surface area contributed by atoms with Crippen molar-refractivity contribution in [2.24, 2.45) is 5.73 Å². The molecule has 2 N–H and O–H groups in total. The minimum Gasteiger partial charge on any atom is -0.468 e. The van der Waals surface area contributed by atoms with Gasteiger partial charge in [-0.15, -0.1) is 11.3 Å². The van der Waals surface area contributed by atoms with E-state index in [2.05, 4.69) is 9.97 Å². The van der Waals surface area contributed by atoms with Crippen molar-refractivity contribution in [2.45, 2.75) is 6.61 Å². The van der Waals surface area contributed by atoms with E-state index >= 15 is 0 Å². The van der Waals surface area contributed by atoms with Crippen LogP contribution >= 0.6 is 11.3 Å². The van der Waals surface area contributed by atoms with Crippen LogP contribution in [0.2, 0.25) is 0 Å². The molecule has 0 saturated heterocycles. The van der Waals surface area contributed by atoms with Crippen molar-refractivity contribution >= 4 is 17.2 Å². The number of hydrogen-bond donors (Lipinski definition) is 1. The highest BCUT2D eigenvalue weighted by Crippen LogP contribution is 2.25. The molecular formula is C17H10F2N4O2S. The molecule has 130 valence electrons. The number of halogens is 2. The van der Waals surface area contributed by atoms with Crippen LogP contribution in [0.15, 0.2) is 35.8 Å². The molecule has 0 unspecified atom stereocenters. The first-order chi connectivity index (χ1) is 12.5. The van der Waals surface area contributed by atoms with E-state index in [1.165, 1.54) is 11.3 Å². The van der Waals surface area contributed by atoms with Crippen molar-refractivity contribution in [1.29, 1.82) is 5.26 Å². The molecule has 0 radical (unpaired) electrons. The second-order valence-corrected chi connectivity index (χ2v) is 6.01. The fraction of sp³-hybridized carbons (Fsp3) is 0.0588. The van der Waals surface area contributed by atoms with Gasteiger partial charge in [-0.3, -0.25) is 4.79 Å². The zero-order valence-corrected chi connectivity index (χ0v) is 13.9. The first kappa shape index (κ1) is 17.4. The molecule has 26 heavy (non-hydrogen) atoms. The Bertz CT molecular complexity index is 1010. The van der Waals surface area contributed by atoms with E-state index in [0.717, 1.165) is 5.56 Å². The van der Waals surface area contributed by atoms with E-state index in [4.69, 9.17) is 15.7 Å². The molecule has 0 spiro atoms. The molecule has 0 bridgehead atoms. The van der Waals surface area contributed by atoms with Crippen molar-refractivity contribution in [3.63, 3.8) is 0 Å².